The average molecular weight is 194 g/mol. The van der Waals surface area contributed by atoms with Gasteiger partial charge in [0, 0.05) is 11.5 Å². The molecule has 0 aliphatic heterocycles. The quantitative estimate of drug-likeness (QED) is 0.654. The fourth-order valence-corrected chi connectivity index (χ4v) is 1.57. The molecule has 0 rings (SSSR count). The van der Waals surface area contributed by atoms with Crippen molar-refractivity contribution in [1.82, 2.24) is 0 Å². The summed E-state index contributed by atoms with van der Waals surface area (Å²) < 4.78 is 0. The molecular weight excluding hydrogens is 184 g/mol. The van der Waals surface area contributed by atoms with Crippen molar-refractivity contribution in [2.75, 3.05) is 11.5 Å². The summed E-state index contributed by atoms with van der Waals surface area (Å²) in [5.41, 5.74) is 9.72. The van der Waals surface area contributed by atoms with Gasteiger partial charge in [-0.3, -0.25) is 9.59 Å². The highest BCUT2D eigenvalue weighted by atomic mass is 32.2. The molecule has 11 heavy (non-hydrogen) atoms. The van der Waals surface area contributed by atoms with E-state index in [0.717, 1.165) is 29.9 Å². The third-order valence-corrected chi connectivity index (χ3v) is 2.33. The van der Waals surface area contributed by atoms with E-state index in [1.807, 2.05) is 0 Å². The maximum atomic E-state index is 10.2. The van der Waals surface area contributed by atoms with Gasteiger partial charge in [0.15, 0.2) is 0 Å². The number of rotatable bonds is 4. The molecule has 0 saturated carbocycles. The van der Waals surface area contributed by atoms with E-state index in [1.54, 1.807) is 0 Å². The summed E-state index contributed by atoms with van der Waals surface area (Å²) in [6.45, 7) is 0. The maximum Gasteiger partial charge on any atom is 0.276 e. The Morgan fingerprint density at radius 3 is 1.64 bits per heavy atom. The van der Waals surface area contributed by atoms with Gasteiger partial charge < -0.3 is 11.5 Å². The average Bonchev–Trinajstić information content (AvgIpc) is 1.85. The molecule has 0 heterocycles. The van der Waals surface area contributed by atoms with Crippen LogP contribution in [0.3, 0.4) is 0 Å². The molecule has 6 heteroatoms. The minimum atomic E-state index is -0.380. The minimum Gasteiger partial charge on any atom is -0.361 e. The molecular formula is C5H10N2O2S2. The second-order valence-corrected chi connectivity index (χ2v) is 3.89. The van der Waals surface area contributed by atoms with Crippen LogP contribution in [0, 0.1) is 0 Å². The summed E-state index contributed by atoms with van der Waals surface area (Å²) in [5.74, 6) is 1.30. The number of carbonyl (C=O) groups is 2. The zero-order chi connectivity index (χ0) is 8.69. The predicted molar refractivity (Wildman–Crippen MR) is 48.7 cm³/mol. The SMILES string of the molecule is NC(=O)SCCCSC(N)=O. The van der Waals surface area contributed by atoms with Crippen molar-refractivity contribution in [1.29, 1.82) is 0 Å². The van der Waals surface area contributed by atoms with E-state index in [9.17, 15) is 9.59 Å². The molecule has 0 spiro atoms. The van der Waals surface area contributed by atoms with Gasteiger partial charge in [0.25, 0.3) is 10.5 Å². The molecule has 0 aromatic rings. The zero-order valence-electron chi connectivity index (χ0n) is 5.91. The van der Waals surface area contributed by atoms with Crippen molar-refractivity contribution >= 4 is 34.0 Å². The molecule has 0 atom stereocenters. The van der Waals surface area contributed by atoms with Gasteiger partial charge in [-0.15, -0.1) is 0 Å². The minimum absolute atomic E-state index is 0.380. The lowest BCUT2D eigenvalue weighted by atomic mass is 10.6. The van der Waals surface area contributed by atoms with Crippen LogP contribution in [0.5, 0.6) is 0 Å². The first-order valence-corrected chi connectivity index (χ1v) is 4.94. The Hall–Kier alpha value is -0.360. The Morgan fingerprint density at radius 1 is 1.00 bits per heavy atom. The smallest absolute Gasteiger partial charge is 0.276 e. The standard InChI is InChI=1S/C5H10N2O2S2/c6-4(8)10-2-1-3-11-5(7)9/h1-3H2,(H2,6,8)(H2,7,9). The molecule has 0 bridgehead atoms. The van der Waals surface area contributed by atoms with Gasteiger partial charge in [-0.05, 0) is 6.42 Å². The van der Waals surface area contributed by atoms with E-state index in [-0.39, 0.29) is 10.5 Å². The molecule has 0 aromatic heterocycles. The number of primary amides is 2. The van der Waals surface area contributed by atoms with Crippen molar-refractivity contribution in [3.8, 4) is 0 Å². The van der Waals surface area contributed by atoms with E-state index in [4.69, 9.17) is 11.5 Å². The Labute approximate surface area is 73.4 Å². The van der Waals surface area contributed by atoms with E-state index >= 15 is 0 Å². The van der Waals surface area contributed by atoms with Gasteiger partial charge in [0.05, 0.1) is 0 Å². The number of thioether (sulfide) groups is 2. The summed E-state index contributed by atoms with van der Waals surface area (Å²) in [6, 6.07) is 0. The van der Waals surface area contributed by atoms with Crippen LogP contribution in [0.1, 0.15) is 6.42 Å². The number of carbonyl (C=O) groups excluding carboxylic acids is 2. The van der Waals surface area contributed by atoms with Crippen molar-refractivity contribution in [2.45, 2.75) is 6.42 Å². The first-order valence-electron chi connectivity index (χ1n) is 2.97. The summed E-state index contributed by atoms with van der Waals surface area (Å²) in [4.78, 5) is 20.4. The summed E-state index contributed by atoms with van der Waals surface area (Å²) in [6.07, 6.45) is 0.765. The molecule has 0 fully saturated rings. The van der Waals surface area contributed by atoms with Gasteiger partial charge in [-0.2, -0.15) is 0 Å². The Kier molecular flexibility index (Phi) is 6.15. The predicted octanol–water partition coefficient (Wildman–Crippen LogP) is 1.00. The number of nitrogens with two attached hydrogens (primary N) is 2. The van der Waals surface area contributed by atoms with Gasteiger partial charge in [0.1, 0.15) is 0 Å². The Balaban J connectivity index is 3.03. The molecule has 64 valence electrons. The molecule has 0 unspecified atom stereocenters. The van der Waals surface area contributed by atoms with E-state index < -0.39 is 0 Å². The van der Waals surface area contributed by atoms with Crippen LogP contribution < -0.4 is 11.5 Å². The second kappa shape index (κ2) is 6.36. The normalized spacial score (nSPS) is 9.45. The lowest BCUT2D eigenvalue weighted by Crippen LogP contribution is -2.05. The molecule has 4 nitrogen and oxygen atoms in total. The van der Waals surface area contributed by atoms with E-state index in [0.29, 0.717) is 11.5 Å². The highest BCUT2D eigenvalue weighted by Gasteiger charge is 1.97. The maximum absolute atomic E-state index is 10.2. The lowest BCUT2D eigenvalue weighted by molar-refractivity contribution is 0.266. The van der Waals surface area contributed by atoms with Crippen LogP contribution in [0.4, 0.5) is 9.59 Å². The summed E-state index contributed by atoms with van der Waals surface area (Å²) in [5, 5.41) is -0.761. The lowest BCUT2D eigenvalue weighted by Gasteiger charge is -1.94. The fraction of sp³-hybridized carbons (Fsp3) is 0.600. The molecule has 0 saturated heterocycles. The van der Waals surface area contributed by atoms with Gasteiger partial charge in [-0.25, -0.2) is 0 Å². The molecule has 0 aromatic carbocycles. The fourth-order valence-electron chi connectivity index (χ4n) is 0.404. The van der Waals surface area contributed by atoms with Crippen LogP contribution in [-0.2, 0) is 0 Å². The molecule has 2 amide bonds. The van der Waals surface area contributed by atoms with Gasteiger partial charge in [-0.1, -0.05) is 23.5 Å². The van der Waals surface area contributed by atoms with Crippen molar-refractivity contribution in [3.63, 3.8) is 0 Å². The molecule has 4 N–H and O–H groups in total. The highest BCUT2D eigenvalue weighted by Crippen LogP contribution is 2.06. The van der Waals surface area contributed by atoms with Crippen molar-refractivity contribution in [2.24, 2.45) is 11.5 Å². The van der Waals surface area contributed by atoms with Crippen LogP contribution in [0.2, 0.25) is 0 Å². The van der Waals surface area contributed by atoms with Crippen LogP contribution in [0.25, 0.3) is 0 Å². The monoisotopic (exact) mass is 194 g/mol. The van der Waals surface area contributed by atoms with Crippen molar-refractivity contribution < 1.29 is 9.59 Å². The van der Waals surface area contributed by atoms with Crippen LogP contribution in [0.15, 0.2) is 0 Å². The highest BCUT2D eigenvalue weighted by molar-refractivity contribution is 8.14. The molecule has 0 aliphatic carbocycles. The summed E-state index contributed by atoms with van der Waals surface area (Å²) in [7, 11) is 0. The molecule has 0 radical (unpaired) electrons. The third kappa shape index (κ3) is 9.64. The Morgan fingerprint density at radius 2 is 1.36 bits per heavy atom. The molecule has 0 aliphatic rings. The zero-order valence-corrected chi connectivity index (χ0v) is 7.54. The van der Waals surface area contributed by atoms with Gasteiger partial charge >= 0.3 is 0 Å². The topological polar surface area (TPSA) is 86.2 Å². The van der Waals surface area contributed by atoms with Crippen LogP contribution >= 0.6 is 23.5 Å². The van der Waals surface area contributed by atoms with E-state index in [2.05, 4.69) is 0 Å². The second-order valence-electron chi connectivity index (χ2n) is 1.69. The Bertz CT molecular complexity index is 135. The summed E-state index contributed by atoms with van der Waals surface area (Å²) >= 11 is 2.11. The van der Waals surface area contributed by atoms with Crippen molar-refractivity contribution in [3.05, 3.63) is 0 Å². The first kappa shape index (κ1) is 10.6. The van der Waals surface area contributed by atoms with Crippen LogP contribution in [-0.4, -0.2) is 22.0 Å². The number of amides is 2. The first-order chi connectivity index (χ1) is 5.13. The number of hydrogen-bond donors (Lipinski definition) is 2. The number of hydrogen-bond acceptors (Lipinski definition) is 4. The third-order valence-electron chi connectivity index (χ3n) is 0.777. The largest absolute Gasteiger partial charge is 0.361 e. The van der Waals surface area contributed by atoms with E-state index in [1.165, 1.54) is 0 Å². The van der Waals surface area contributed by atoms with Gasteiger partial charge in [0.2, 0.25) is 0 Å².